The van der Waals surface area contributed by atoms with E-state index in [4.69, 9.17) is 32.7 Å². The number of hydrogen-bond donors (Lipinski definition) is 0. The predicted octanol–water partition coefficient (Wildman–Crippen LogP) is 3.75. The van der Waals surface area contributed by atoms with Crippen molar-refractivity contribution in [3.05, 3.63) is 28.4 Å². The summed E-state index contributed by atoms with van der Waals surface area (Å²) in [6.07, 6.45) is 3.00. The van der Waals surface area contributed by atoms with Gasteiger partial charge in [-0.05, 0) is 17.6 Å². The summed E-state index contributed by atoms with van der Waals surface area (Å²) in [4.78, 5) is 19.9. The van der Waals surface area contributed by atoms with Gasteiger partial charge in [-0.2, -0.15) is 5.10 Å². The molecule has 0 radical (unpaired) electrons. The summed E-state index contributed by atoms with van der Waals surface area (Å²) in [7, 11) is 0.113. The number of nitrogens with zero attached hydrogens (tertiary/aromatic N) is 4. The topological polar surface area (TPSA) is 79.1 Å². The van der Waals surface area contributed by atoms with Crippen molar-refractivity contribution in [3.8, 4) is 11.3 Å². The van der Waals surface area contributed by atoms with E-state index in [0.29, 0.717) is 17.9 Å². The zero-order chi connectivity index (χ0) is 18.6. The van der Waals surface area contributed by atoms with Gasteiger partial charge in [-0.25, -0.2) is 19.4 Å². The summed E-state index contributed by atoms with van der Waals surface area (Å²) in [5.74, 6) is -0.596. The van der Waals surface area contributed by atoms with Gasteiger partial charge in [0.05, 0.1) is 29.6 Å². The second kappa shape index (κ2) is 8.26. The third-order valence-corrected chi connectivity index (χ3v) is 5.49. The smallest absolute Gasteiger partial charge is 0.359 e. The first-order chi connectivity index (χ1) is 11.7. The summed E-state index contributed by atoms with van der Waals surface area (Å²) >= 11 is 12.0. The average Bonchev–Trinajstić information content (AvgIpc) is 2.96. The highest BCUT2D eigenvalue weighted by Crippen LogP contribution is 2.29. The molecule has 0 spiro atoms. The van der Waals surface area contributed by atoms with E-state index in [9.17, 15) is 4.79 Å². The lowest BCUT2D eigenvalue weighted by molar-refractivity contribution is 0.0583. The van der Waals surface area contributed by atoms with Crippen LogP contribution in [0.15, 0.2) is 12.4 Å². The lowest BCUT2D eigenvalue weighted by atomic mass is 10.2. The Balaban J connectivity index is 2.25. The van der Waals surface area contributed by atoms with E-state index in [2.05, 4.69) is 34.7 Å². The van der Waals surface area contributed by atoms with Crippen LogP contribution in [-0.2, 0) is 16.2 Å². The lowest BCUT2D eigenvalue weighted by Crippen LogP contribution is -2.22. The number of methoxy groups -OCH3 is 1. The second-order valence-corrected chi connectivity index (χ2v) is 13.0. The molecular weight excluding hydrogens is 383 g/mol. The van der Waals surface area contributed by atoms with Crippen molar-refractivity contribution >= 4 is 37.2 Å². The Hall–Kier alpha value is -1.48. The van der Waals surface area contributed by atoms with E-state index < -0.39 is 14.0 Å². The number of ether oxygens (including phenoxy) is 2. The van der Waals surface area contributed by atoms with Crippen molar-refractivity contribution in [2.75, 3.05) is 13.7 Å². The van der Waals surface area contributed by atoms with Crippen molar-refractivity contribution in [1.29, 1.82) is 0 Å². The van der Waals surface area contributed by atoms with E-state index >= 15 is 0 Å². The highest BCUT2D eigenvalue weighted by Gasteiger charge is 2.22. The van der Waals surface area contributed by atoms with Crippen LogP contribution in [0.5, 0.6) is 0 Å². The van der Waals surface area contributed by atoms with E-state index in [1.165, 1.54) is 18.0 Å². The van der Waals surface area contributed by atoms with Gasteiger partial charge in [-0.15, -0.1) is 0 Å². The predicted molar refractivity (Wildman–Crippen MR) is 98.7 cm³/mol. The molecule has 2 rings (SSSR count). The Bertz CT molecular complexity index is 762. The minimum Gasteiger partial charge on any atom is -0.464 e. The van der Waals surface area contributed by atoms with Crippen molar-refractivity contribution in [2.24, 2.45) is 0 Å². The molecule has 2 heterocycles. The maximum absolute atomic E-state index is 12.0. The van der Waals surface area contributed by atoms with E-state index in [-0.39, 0.29) is 22.7 Å². The van der Waals surface area contributed by atoms with Gasteiger partial charge in [0.2, 0.25) is 5.28 Å². The molecule has 2 aromatic rings. The second-order valence-electron chi connectivity index (χ2n) is 6.61. The first kappa shape index (κ1) is 19.8. The van der Waals surface area contributed by atoms with Gasteiger partial charge in [0.25, 0.3) is 0 Å². The van der Waals surface area contributed by atoms with Crippen molar-refractivity contribution in [2.45, 2.75) is 32.4 Å². The van der Waals surface area contributed by atoms with Gasteiger partial charge in [0.1, 0.15) is 6.73 Å². The highest BCUT2D eigenvalue weighted by atomic mass is 35.5. The third kappa shape index (κ3) is 5.50. The summed E-state index contributed by atoms with van der Waals surface area (Å²) in [6, 6.07) is 1.04. The van der Waals surface area contributed by atoms with E-state index in [1.807, 2.05) is 0 Å². The molecule has 25 heavy (non-hydrogen) atoms. The molecule has 0 aliphatic rings. The fourth-order valence-corrected chi connectivity index (χ4v) is 3.06. The van der Waals surface area contributed by atoms with Crippen LogP contribution in [0, 0.1) is 0 Å². The van der Waals surface area contributed by atoms with Gasteiger partial charge < -0.3 is 9.47 Å². The molecule has 136 valence electrons. The van der Waals surface area contributed by atoms with Gasteiger partial charge in [-0.3, -0.25) is 0 Å². The number of esters is 1. The Kier molecular flexibility index (Phi) is 6.56. The zero-order valence-electron chi connectivity index (χ0n) is 14.5. The number of hydrogen-bond acceptors (Lipinski definition) is 6. The van der Waals surface area contributed by atoms with Crippen LogP contribution in [-0.4, -0.2) is 47.5 Å². The molecule has 0 N–H and O–H groups in total. The first-order valence-corrected chi connectivity index (χ1v) is 12.1. The number of rotatable bonds is 7. The van der Waals surface area contributed by atoms with Crippen molar-refractivity contribution < 1.29 is 14.3 Å². The number of carbonyl (C=O) groups is 1. The summed E-state index contributed by atoms with van der Waals surface area (Å²) in [5, 5.41) is 4.51. The molecule has 0 aliphatic heterocycles. The van der Waals surface area contributed by atoms with E-state index in [0.717, 1.165) is 6.04 Å². The van der Waals surface area contributed by atoms with Crippen LogP contribution in [0.2, 0.25) is 36.0 Å². The molecule has 0 atom stereocenters. The molecule has 0 fully saturated rings. The Labute approximate surface area is 157 Å². The first-order valence-electron chi connectivity index (χ1n) is 7.63. The fraction of sp³-hybridized carbons (Fsp3) is 0.467. The number of carbonyl (C=O) groups excluding carboxylic acids is 1. The molecule has 10 heteroatoms. The van der Waals surface area contributed by atoms with Crippen molar-refractivity contribution in [1.82, 2.24) is 19.7 Å². The standard InChI is InChI=1S/C15H20Cl2N4O3Si/c1-23-14(22)13-10(12-11(16)7-18-15(17)19-12)8-21(20-13)9-24-5-6-25(2,3)4/h7-8H,5-6,9H2,1-4H3. The van der Waals surface area contributed by atoms with Crippen LogP contribution < -0.4 is 0 Å². The largest absolute Gasteiger partial charge is 0.464 e. The molecule has 0 aliphatic carbocycles. The summed E-state index contributed by atoms with van der Waals surface area (Å²) < 4.78 is 12.0. The summed E-state index contributed by atoms with van der Waals surface area (Å²) in [6.45, 7) is 7.68. The van der Waals surface area contributed by atoms with Crippen LogP contribution in [0.1, 0.15) is 10.5 Å². The minimum absolute atomic E-state index is 0.0225. The lowest BCUT2D eigenvalue weighted by Gasteiger charge is -2.15. The molecule has 0 saturated carbocycles. The molecule has 7 nitrogen and oxygen atoms in total. The average molecular weight is 403 g/mol. The van der Waals surface area contributed by atoms with Gasteiger partial charge in [-0.1, -0.05) is 31.2 Å². The fourth-order valence-electron chi connectivity index (χ4n) is 1.98. The molecule has 0 bridgehead atoms. The molecular formula is C15H20Cl2N4O3Si. The zero-order valence-corrected chi connectivity index (χ0v) is 17.1. The van der Waals surface area contributed by atoms with Crippen LogP contribution in [0.4, 0.5) is 0 Å². The Morgan fingerprint density at radius 1 is 1.32 bits per heavy atom. The molecule has 0 amide bonds. The van der Waals surface area contributed by atoms with Crippen LogP contribution in [0.3, 0.4) is 0 Å². The SMILES string of the molecule is COC(=O)c1nn(COCC[Si](C)(C)C)cc1-c1nc(Cl)ncc1Cl. The maximum Gasteiger partial charge on any atom is 0.359 e. The molecule has 0 aromatic carbocycles. The Morgan fingerprint density at radius 3 is 2.68 bits per heavy atom. The number of aromatic nitrogens is 4. The van der Waals surface area contributed by atoms with Crippen molar-refractivity contribution in [3.63, 3.8) is 0 Å². The normalized spacial score (nSPS) is 11.6. The van der Waals surface area contributed by atoms with Crippen LogP contribution >= 0.6 is 23.2 Å². The van der Waals surface area contributed by atoms with E-state index in [1.54, 1.807) is 6.20 Å². The minimum atomic E-state index is -1.17. The third-order valence-electron chi connectivity index (χ3n) is 3.33. The highest BCUT2D eigenvalue weighted by molar-refractivity contribution is 6.76. The molecule has 0 saturated heterocycles. The van der Waals surface area contributed by atoms with Gasteiger partial charge in [0.15, 0.2) is 5.69 Å². The Morgan fingerprint density at radius 2 is 2.04 bits per heavy atom. The van der Waals surface area contributed by atoms with Crippen LogP contribution in [0.25, 0.3) is 11.3 Å². The number of halogens is 2. The summed E-state index contributed by atoms with van der Waals surface area (Å²) in [5.41, 5.74) is 0.818. The quantitative estimate of drug-likeness (QED) is 0.303. The monoisotopic (exact) mass is 402 g/mol. The molecule has 2 aromatic heterocycles. The maximum atomic E-state index is 12.0. The van der Waals surface area contributed by atoms with Gasteiger partial charge >= 0.3 is 5.97 Å². The molecule has 0 unspecified atom stereocenters. The van der Waals surface area contributed by atoms with Gasteiger partial charge in [0, 0.05) is 20.9 Å².